The van der Waals surface area contributed by atoms with Gasteiger partial charge in [0, 0.05) is 12.1 Å². The van der Waals surface area contributed by atoms with Crippen molar-refractivity contribution in [2.75, 3.05) is 0 Å². The molecule has 5 rings (SSSR count). The van der Waals surface area contributed by atoms with Gasteiger partial charge < -0.3 is 16.2 Å². The van der Waals surface area contributed by atoms with Crippen molar-refractivity contribution in [3.63, 3.8) is 0 Å². The summed E-state index contributed by atoms with van der Waals surface area (Å²) in [7, 11) is 0. The van der Waals surface area contributed by atoms with Crippen LogP contribution in [0.2, 0.25) is 0 Å². The molecule has 1 atom stereocenters. The van der Waals surface area contributed by atoms with E-state index in [-0.39, 0.29) is 5.92 Å². The molecule has 0 aliphatic carbocycles. The van der Waals surface area contributed by atoms with E-state index in [1.807, 2.05) is 107 Å². The summed E-state index contributed by atoms with van der Waals surface area (Å²) in [5.41, 5.74) is 19.4. The number of allylic oxidation sites excluding steroid dienone is 22. The van der Waals surface area contributed by atoms with Crippen LogP contribution in [-0.2, 0) is 0 Å². The minimum absolute atomic E-state index is 0.0790. The monoisotopic (exact) mass is 928 g/mol. The molecular formula is C68H69N3. The normalized spacial score (nSPS) is 13.6. The molecule has 3 nitrogen and oxygen atoms in total. The quantitative estimate of drug-likeness (QED) is 0.0457. The highest BCUT2D eigenvalue weighted by atomic mass is 14.4. The van der Waals surface area contributed by atoms with Gasteiger partial charge in [-0.3, -0.25) is 0 Å². The molecule has 0 saturated carbocycles. The summed E-state index contributed by atoms with van der Waals surface area (Å²) in [6.45, 7) is 27.2. The second kappa shape index (κ2) is 27.1. The summed E-state index contributed by atoms with van der Waals surface area (Å²) < 4.78 is 0. The Balaban J connectivity index is 1.58. The van der Waals surface area contributed by atoms with E-state index in [1.54, 1.807) is 0 Å². The van der Waals surface area contributed by atoms with E-state index in [4.69, 9.17) is 16.2 Å². The minimum atomic E-state index is -0.0790. The van der Waals surface area contributed by atoms with E-state index in [2.05, 4.69) is 174 Å². The molecule has 0 fully saturated rings. The van der Waals surface area contributed by atoms with Gasteiger partial charge >= 0.3 is 0 Å². The molecule has 0 aliphatic heterocycles. The Bertz CT molecular complexity index is 3050. The van der Waals surface area contributed by atoms with Gasteiger partial charge in [-0.05, 0) is 204 Å². The molecule has 0 amide bonds. The van der Waals surface area contributed by atoms with E-state index in [0.29, 0.717) is 17.8 Å². The SMILES string of the molecule is C=C/C=C\C(CC(=C)/C=C(\C)c1cccc(C(=C/C)/C=C(\c2cccc(C(=C)/C=C\C)c2)c2cccc(C(=N)/C=C\C)c2)c1)/C(=C/C(=C\C)c1cccc(C(=N)/C=C\C)c1)c1cccc(/C(C)=C/C=N)c1. The van der Waals surface area contributed by atoms with Crippen LogP contribution < -0.4 is 0 Å². The van der Waals surface area contributed by atoms with Crippen molar-refractivity contribution < 1.29 is 0 Å². The zero-order valence-corrected chi connectivity index (χ0v) is 42.7. The lowest BCUT2D eigenvalue weighted by atomic mass is 9.83. The Labute approximate surface area is 425 Å². The summed E-state index contributed by atoms with van der Waals surface area (Å²) >= 11 is 0. The standard InChI is InChI=1S/C68H69N3/c1-11-17-26-59(65(60-32-20-28-55(43-60)50(9)37-38-69)46-53(16-6)58-31-21-35-63(44-58)67(70)24-13-3)40-48(7)39-51(10)56-29-18-30-57(41-56)52(15-5)47-66(61-33-19-27-54(42-61)49(8)23-12-2)62-34-22-36-64(45-62)68(71)25-14-4/h11-39,41-47,59,69-71H,1,7-8,40H2,2-6,9-10H3/b23-12-,24-13-,25-14-,26-17-,50-37+,51-39+,52-15+,53-16+,65-46-,66-47+,69-38?,70-67?,71-68?. The maximum absolute atomic E-state index is 8.71. The first-order chi connectivity index (χ1) is 34.4. The zero-order chi connectivity index (χ0) is 51.3. The molecule has 0 saturated heterocycles. The van der Waals surface area contributed by atoms with Crippen LogP contribution in [0.4, 0.5) is 0 Å². The highest BCUT2D eigenvalue weighted by molar-refractivity contribution is 6.08. The van der Waals surface area contributed by atoms with Crippen LogP contribution in [0.1, 0.15) is 111 Å². The summed E-state index contributed by atoms with van der Waals surface area (Å²) in [4.78, 5) is 0. The average molecular weight is 928 g/mol. The Morgan fingerprint density at radius 1 is 0.521 bits per heavy atom. The van der Waals surface area contributed by atoms with Crippen LogP contribution in [0.5, 0.6) is 0 Å². The maximum atomic E-state index is 8.71. The summed E-state index contributed by atoms with van der Waals surface area (Å²) in [5, 5.41) is 25.1. The molecule has 5 aromatic rings. The van der Waals surface area contributed by atoms with Crippen LogP contribution in [0.25, 0.3) is 39.0 Å². The molecule has 0 radical (unpaired) electrons. The molecule has 0 aromatic heterocycles. The van der Waals surface area contributed by atoms with Gasteiger partial charge in [0.25, 0.3) is 0 Å². The lowest BCUT2D eigenvalue weighted by molar-refractivity contribution is 0.831. The van der Waals surface area contributed by atoms with Crippen molar-refractivity contribution in [3.8, 4) is 0 Å². The number of hydrogen-bond acceptors (Lipinski definition) is 3. The fourth-order valence-electron chi connectivity index (χ4n) is 8.49. The predicted molar refractivity (Wildman–Crippen MR) is 314 cm³/mol. The topological polar surface area (TPSA) is 71.6 Å². The Morgan fingerprint density at radius 2 is 0.958 bits per heavy atom. The predicted octanol–water partition coefficient (Wildman–Crippen LogP) is 18.6. The van der Waals surface area contributed by atoms with E-state index in [0.717, 1.165) is 100 Å². The number of hydrogen-bond donors (Lipinski definition) is 3. The lowest BCUT2D eigenvalue weighted by Gasteiger charge is -2.21. The Morgan fingerprint density at radius 3 is 1.49 bits per heavy atom. The minimum Gasteiger partial charge on any atom is -0.309 e. The van der Waals surface area contributed by atoms with Gasteiger partial charge in [0.15, 0.2) is 0 Å². The number of nitrogens with one attached hydrogen (secondary N) is 3. The van der Waals surface area contributed by atoms with E-state index in [1.165, 1.54) is 6.21 Å². The molecule has 0 spiro atoms. The van der Waals surface area contributed by atoms with E-state index in [9.17, 15) is 0 Å². The highest BCUT2D eigenvalue weighted by Gasteiger charge is 2.18. The summed E-state index contributed by atoms with van der Waals surface area (Å²) in [5.74, 6) is -0.0790. The second-order valence-corrected chi connectivity index (χ2v) is 17.3. The molecule has 3 N–H and O–H groups in total. The molecule has 0 bridgehead atoms. The van der Waals surface area contributed by atoms with Gasteiger partial charge in [0.05, 0.1) is 11.4 Å². The van der Waals surface area contributed by atoms with Crippen LogP contribution in [0, 0.1) is 22.1 Å². The van der Waals surface area contributed by atoms with Gasteiger partial charge in [0.1, 0.15) is 0 Å². The van der Waals surface area contributed by atoms with Gasteiger partial charge in [-0.2, -0.15) is 0 Å². The van der Waals surface area contributed by atoms with Crippen LogP contribution in [0.3, 0.4) is 0 Å². The van der Waals surface area contributed by atoms with Crippen LogP contribution in [-0.4, -0.2) is 17.6 Å². The number of benzene rings is 5. The third-order valence-electron chi connectivity index (χ3n) is 12.2. The van der Waals surface area contributed by atoms with Crippen molar-refractivity contribution in [1.29, 1.82) is 16.2 Å². The van der Waals surface area contributed by atoms with Crippen molar-refractivity contribution in [3.05, 3.63) is 293 Å². The third kappa shape index (κ3) is 14.9. The smallest absolute Gasteiger partial charge is 0.0609 e. The first-order valence-corrected chi connectivity index (χ1v) is 24.2. The van der Waals surface area contributed by atoms with Crippen LogP contribution >= 0.6 is 0 Å². The van der Waals surface area contributed by atoms with Gasteiger partial charge in [-0.15, -0.1) is 0 Å². The maximum Gasteiger partial charge on any atom is 0.0609 e. The Kier molecular flexibility index (Phi) is 20.5. The number of rotatable bonds is 22. The summed E-state index contributed by atoms with van der Waals surface area (Å²) in [6, 6.07) is 42.2. The van der Waals surface area contributed by atoms with Crippen molar-refractivity contribution in [1.82, 2.24) is 0 Å². The molecule has 0 heterocycles. The van der Waals surface area contributed by atoms with Crippen molar-refractivity contribution in [2.45, 2.75) is 54.9 Å². The lowest BCUT2D eigenvalue weighted by Crippen LogP contribution is -2.04. The largest absolute Gasteiger partial charge is 0.309 e. The first kappa shape index (κ1) is 53.7. The van der Waals surface area contributed by atoms with E-state index < -0.39 is 0 Å². The second-order valence-electron chi connectivity index (χ2n) is 17.3. The molecule has 356 valence electrons. The van der Waals surface area contributed by atoms with Gasteiger partial charge in [0.2, 0.25) is 0 Å². The fourth-order valence-corrected chi connectivity index (χ4v) is 8.49. The van der Waals surface area contributed by atoms with Crippen molar-refractivity contribution in [2.24, 2.45) is 5.92 Å². The van der Waals surface area contributed by atoms with Gasteiger partial charge in [-0.25, -0.2) is 0 Å². The molecule has 3 heteroatoms. The molecular weight excluding hydrogens is 859 g/mol. The average Bonchev–Trinajstić information content (AvgIpc) is 3.38. The molecule has 1 unspecified atom stereocenters. The third-order valence-corrected chi connectivity index (χ3v) is 12.2. The molecule has 71 heavy (non-hydrogen) atoms. The first-order valence-electron chi connectivity index (χ1n) is 24.2. The van der Waals surface area contributed by atoms with E-state index >= 15 is 0 Å². The van der Waals surface area contributed by atoms with Crippen LogP contribution in [0.15, 0.2) is 238 Å². The Hall–Kier alpha value is -8.27. The molecule has 5 aromatic carbocycles. The van der Waals surface area contributed by atoms with Crippen molar-refractivity contribution >= 4 is 56.6 Å². The zero-order valence-electron chi connectivity index (χ0n) is 42.7. The molecule has 0 aliphatic rings. The fraction of sp³-hybridized carbons (Fsp3) is 0.132. The van der Waals surface area contributed by atoms with Gasteiger partial charge in [-0.1, -0.05) is 183 Å². The highest BCUT2D eigenvalue weighted by Crippen LogP contribution is 2.36. The summed E-state index contributed by atoms with van der Waals surface area (Å²) in [6.07, 6.45) is 32.4.